The van der Waals surface area contributed by atoms with Crippen LogP contribution in [0, 0.1) is 19.8 Å². The van der Waals surface area contributed by atoms with Gasteiger partial charge in [-0.1, -0.05) is 19.9 Å². The first-order valence-corrected chi connectivity index (χ1v) is 10.1. The zero-order valence-electron chi connectivity index (χ0n) is 17.7. The van der Waals surface area contributed by atoms with Crippen LogP contribution >= 0.6 is 0 Å². The van der Waals surface area contributed by atoms with E-state index in [0.717, 1.165) is 61.1 Å². The van der Waals surface area contributed by atoms with Gasteiger partial charge in [0.05, 0.1) is 19.2 Å². The Morgan fingerprint density at radius 2 is 1.89 bits per heavy atom. The Morgan fingerprint density at radius 3 is 2.54 bits per heavy atom. The lowest BCUT2D eigenvalue weighted by Crippen LogP contribution is -2.49. The van der Waals surface area contributed by atoms with Gasteiger partial charge < -0.3 is 14.5 Å². The van der Waals surface area contributed by atoms with Crippen LogP contribution in [0.25, 0.3) is 0 Å². The highest BCUT2D eigenvalue weighted by Gasteiger charge is 2.24. The first kappa shape index (κ1) is 20.2. The molecule has 2 heterocycles. The number of benzene rings is 1. The molecule has 0 aliphatic carbocycles. The lowest BCUT2D eigenvalue weighted by molar-refractivity contribution is -0.130. The second-order valence-corrected chi connectivity index (χ2v) is 7.97. The van der Waals surface area contributed by atoms with E-state index in [0.29, 0.717) is 12.3 Å². The van der Waals surface area contributed by atoms with Gasteiger partial charge in [-0.15, -0.1) is 0 Å². The van der Waals surface area contributed by atoms with Gasteiger partial charge in [0, 0.05) is 55.7 Å². The zero-order chi connectivity index (χ0) is 20.3. The van der Waals surface area contributed by atoms with Crippen LogP contribution in [0.3, 0.4) is 0 Å². The van der Waals surface area contributed by atoms with Crippen LogP contribution in [0.4, 0.5) is 5.69 Å². The van der Waals surface area contributed by atoms with Crippen molar-refractivity contribution in [2.24, 2.45) is 5.92 Å². The largest absolute Gasteiger partial charge is 0.497 e. The van der Waals surface area contributed by atoms with Crippen molar-refractivity contribution in [1.29, 1.82) is 0 Å². The summed E-state index contributed by atoms with van der Waals surface area (Å²) >= 11 is 0. The third-order valence-corrected chi connectivity index (χ3v) is 5.45. The molecule has 0 N–H and O–H groups in total. The van der Waals surface area contributed by atoms with Crippen LogP contribution in [0.5, 0.6) is 5.75 Å². The van der Waals surface area contributed by atoms with Crippen molar-refractivity contribution < 1.29 is 9.53 Å². The molecular formula is C22H32N4O2. The van der Waals surface area contributed by atoms with Crippen molar-refractivity contribution in [2.75, 3.05) is 38.2 Å². The van der Waals surface area contributed by atoms with E-state index in [9.17, 15) is 4.79 Å². The molecule has 0 spiro atoms. The van der Waals surface area contributed by atoms with E-state index in [1.807, 2.05) is 34.7 Å². The van der Waals surface area contributed by atoms with Crippen molar-refractivity contribution in [3.63, 3.8) is 0 Å². The number of nitrogens with zero attached hydrogens (tertiary/aromatic N) is 4. The minimum absolute atomic E-state index is 0.195. The molecule has 0 atom stereocenters. The van der Waals surface area contributed by atoms with Gasteiger partial charge in [0.15, 0.2) is 0 Å². The van der Waals surface area contributed by atoms with Gasteiger partial charge in [-0.3, -0.25) is 9.48 Å². The summed E-state index contributed by atoms with van der Waals surface area (Å²) in [5, 5.41) is 4.64. The minimum atomic E-state index is 0.195. The maximum Gasteiger partial charge on any atom is 0.227 e. The lowest BCUT2D eigenvalue weighted by atomic mass is 10.1. The lowest BCUT2D eigenvalue weighted by Gasteiger charge is -2.36. The first-order chi connectivity index (χ1) is 13.4. The van der Waals surface area contributed by atoms with Gasteiger partial charge >= 0.3 is 0 Å². The van der Waals surface area contributed by atoms with Crippen LogP contribution in [0.2, 0.25) is 0 Å². The van der Waals surface area contributed by atoms with Gasteiger partial charge in [0.25, 0.3) is 0 Å². The molecule has 1 aromatic heterocycles. The van der Waals surface area contributed by atoms with E-state index >= 15 is 0 Å². The molecule has 0 saturated carbocycles. The van der Waals surface area contributed by atoms with E-state index in [1.54, 1.807) is 7.11 Å². The highest BCUT2D eigenvalue weighted by molar-refractivity contribution is 5.79. The number of ether oxygens (including phenoxy) is 1. The summed E-state index contributed by atoms with van der Waals surface area (Å²) in [6, 6.07) is 8.10. The second-order valence-electron chi connectivity index (χ2n) is 7.97. The average molecular weight is 385 g/mol. The van der Waals surface area contributed by atoms with Gasteiger partial charge in [-0.25, -0.2) is 0 Å². The molecule has 2 aromatic rings. The Balaban J connectivity index is 1.60. The smallest absolute Gasteiger partial charge is 0.227 e. The summed E-state index contributed by atoms with van der Waals surface area (Å²) in [6.07, 6.45) is 0.439. The summed E-state index contributed by atoms with van der Waals surface area (Å²) in [7, 11) is 1.68. The molecule has 1 amide bonds. The van der Waals surface area contributed by atoms with Gasteiger partial charge in [0.2, 0.25) is 5.91 Å². The number of aryl methyl sites for hydroxylation is 1. The summed E-state index contributed by atoms with van der Waals surface area (Å²) in [4.78, 5) is 17.2. The molecule has 6 heteroatoms. The van der Waals surface area contributed by atoms with Gasteiger partial charge in [-0.2, -0.15) is 5.10 Å². The highest BCUT2D eigenvalue weighted by Crippen LogP contribution is 2.23. The molecule has 6 nitrogen and oxygen atoms in total. The Hall–Kier alpha value is -2.50. The summed E-state index contributed by atoms with van der Waals surface area (Å²) in [5.74, 6) is 1.59. The molecular weight excluding hydrogens is 352 g/mol. The van der Waals surface area contributed by atoms with Crippen LogP contribution in [-0.2, 0) is 17.8 Å². The zero-order valence-corrected chi connectivity index (χ0v) is 17.7. The molecule has 1 aromatic carbocycles. The van der Waals surface area contributed by atoms with E-state index in [4.69, 9.17) is 4.74 Å². The number of hydrogen-bond acceptors (Lipinski definition) is 4. The molecule has 0 bridgehead atoms. The van der Waals surface area contributed by atoms with E-state index in [2.05, 4.69) is 36.8 Å². The topological polar surface area (TPSA) is 50.6 Å². The van der Waals surface area contributed by atoms with Crippen molar-refractivity contribution in [3.8, 4) is 5.75 Å². The number of rotatable bonds is 6. The summed E-state index contributed by atoms with van der Waals surface area (Å²) in [6.45, 7) is 12.5. The number of carbonyl (C=O) groups excluding carboxylic acids is 1. The van der Waals surface area contributed by atoms with Crippen LogP contribution in [0.15, 0.2) is 24.3 Å². The molecule has 0 unspecified atom stereocenters. The Morgan fingerprint density at radius 1 is 1.18 bits per heavy atom. The molecule has 3 rings (SSSR count). The standard InChI is InChI=1S/C22H32N4O2/c1-16(2)15-26-18(4)21(17(3)23-26)14-22(27)25-11-9-24(10-12-25)19-7-6-8-20(13-19)28-5/h6-8,13,16H,9-12,14-15H2,1-5H3. The van der Waals surface area contributed by atoms with E-state index < -0.39 is 0 Å². The number of hydrogen-bond donors (Lipinski definition) is 0. The Labute approximate surface area is 168 Å². The fraction of sp³-hybridized carbons (Fsp3) is 0.545. The molecule has 28 heavy (non-hydrogen) atoms. The summed E-state index contributed by atoms with van der Waals surface area (Å²) < 4.78 is 7.37. The van der Waals surface area contributed by atoms with Gasteiger partial charge in [-0.05, 0) is 31.9 Å². The minimum Gasteiger partial charge on any atom is -0.497 e. The van der Waals surface area contributed by atoms with Crippen LogP contribution in [0.1, 0.15) is 30.8 Å². The van der Waals surface area contributed by atoms with E-state index in [-0.39, 0.29) is 5.91 Å². The van der Waals surface area contributed by atoms with E-state index in [1.165, 1.54) is 0 Å². The highest BCUT2D eigenvalue weighted by atomic mass is 16.5. The predicted octanol–water partition coefficient (Wildman–Crippen LogP) is 3.06. The number of piperazine rings is 1. The normalized spacial score (nSPS) is 14.6. The predicted molar refractivity (Wildman–Crippen MR) is 112 cm³/mol. The second kappa shape index (κ2) is 8.67. The fourth-order valence-corrected chi connectivity index (χ4v) is 3.80. The molecule has 152 valence electrons. The SMILES string of the molecule is COc1cccc(N2CCN(C(=O)Cc3c(C)nn(CC(C)C)c3C)CC2)c1. The molecule has 1 aliphatic heterocycles. The Bertz CT molecular complexity index is 820. The first-order valence-electron chi connectivity index (χ1n) is 10.1. The molecule has 0 radical (unpaired) electrons. The number of aromatic nitrogens is 2. The molecule has 1 aliphatic rings. The quantitative estimate of drug-likeness (QED) is 0.768. The van der Waals surface area contributed by atoms with Crippen molar-refractivity contribution in [1.82, 2.24) is 14.7 Å². The number of anilines is 1. The maximum atomic E-state index is 12.9. The van der Waals surface area contributed by atoms with Crippen LogP contribution in [-0.4, -0.2) is 53.9 Å². The fourth-order valence-electron chi connectivity index (χ4n) is 3.80. The Kier molecular flexibility index (Phi) is 6.27. The van der Waals surface area contributed by atoms with Crippen molar-refractivity contribution >= 4 is 11.6 Å². The third kappa shape index (κ3) is 4.49. The average Bonchev–Trinajstić information content (AvgIpc) is 2.95. The maximum absolute atomic E-state index is 12.9. The van der Waals surface area contributed by atoms with Crippen LogP contribution < -0.4 is 9.64 Å². The van der Waals surface area contributed by atoms with Crippen molar-refractivity contribution in [3.05, 3.63) is 41.2 Å². The number of methoxy groups -OCH3 is 1. The third-order valence-electron chi connectivity index (χ3n) is 5.45. The van der Waals surface area contributed by atoms with Crippen molar-refractivity contribution in [2.45, 2.75) is 40.7 Å². The summed E-state index contributed by atoms with van der Waals surface area (Å²) in [5.41, 5.74) is 4.32. The molecule has 1 fully saturated rings. The number of amides is 1. The monoisotopic (exact) mass is 384 g/mol. The number of carbonyl (C=O) groups is 1. The molecule has 1 saturated heterocycles. The van der Waals surface area contributed by atoms with Gasteiger partial charge in [0.1, 0.15) is 5.75 Å².